The molecule has 0 bridgehead atoms. The summed E-state index contributed by atoms with van der Waals surface area (Å²) < 4.78 is 55.9. The van der Waals surface area contributed by atoms with Crippen molar-refractivity contribution in [2.45, 2.75) is 126 Å². The second kappa shape index (κ2) is 48.2. The van der Waals surface area contributed by atoms with Crippen molar-refractivity contribution in [1.29, 1.82) is 0 Å². The molecule has 710 valence electrons. The number of nitrogens with zero attached hydrogens (tertiary/aromatic N) is 22. The largest absolute Gasteiger partial charge is 0.465 e. The zero-order valence-corrected chi connectivity index (χ0v) is 77.7. The summed E-state index contributed by atoms with van der Waals surface area (Å²) in [5.74, 6) is 1.24. The Kier molecular flexibility index (Phi) is 35.0. The minimum absolute atomic E-state index is 0.0111. The quantitative estimate of drug-likeness (QED) is 0.0141. The minimum Gasteiger partial charge on any atom is -0.465 e. The third-order valence-electron chi connectivity index (χ3n) is 19.0. The summed E-state index contributed by atoms with van der Waals surface area (Å²) in [6, 6.07) is 34.5. The molecule has 43 heteroatoms. The molecule has 0 fully saturated rings. The number of hydrogen-bond donors (Lipinski definition) is 4. The van der Waals surface area contributed by atoms with Crippen LogP contribution in [-0.2, 0) is 65.5 Å². The van der Waals surface area contributed by atoms with Crippen LogP contribution >= 0.6 is 11.6 Å². The van der Waals surface area contributed by atoms with E-state index >= 15 is 0 Å². The van der Waals surface area contributed by atoms with E-state index in [1.54, 1.807) is 221 Å². The van der Waals surface area contributed by atoms with Gasteiger partial charge in [-0.1, -0.05) is 84.4 Å². The maximum absolute atomic E-state index is 13.3. The molecule has 10 aromatic heterocycles. The zero-order chi connectivity index (χ0) is 97.5. The summed E-state index contributed by atoms with van der Waals surface area (Å²) in [6.45, 7) is 22.3. The third-order valence-corrected chi connectivity index (χ3v) is 19.2. The number of nitrogens with two attached hydrogens (primary N) is 1. The highest BCUT2D eigenvalue weighted by Crippen LogP contribution is 2.35. The topological polar surface area (TPSA) is 498 Å². The van der Waals surface area contributed by atoms with Gasteiger partial charge in [0.05, 0.1) is 61.5 Å². The van der Waals surface area contributed by atoms with Crippen LogP contribution in [0.1, 0.15) is 146 Å². The van der Waals surface area contributed by atoms with E-state index in [0.29, 0.717) is 110 Å². The standard InChI is InChI=1S/C27H32N6O7.C25H23N5O2.C22H24N6O5.C12H15N5O2.C8H7ClN4/c1-6-37-24(35)23(19-11-17(2)29-25(30-19)32-10-9-28-15-32)31-22(34)14-33(26(36)40-27(3,4)5)13-18-7-8-20-21(12-18)39-16-38-20;1-3-32-24(31)23(21-16-18(2)27-25(28-21)30-15-14-26-17-30)29-22(19-10-6-4-7-11-19)20-12-8-5-9-13-20;1-3-31-21(30)20(16-8-14(2)25-22(26-16)28-7-6-23-12-28)27-19(29)11-24-10-15-4-5-17-18(9-15)33-13-32-17;1-3-19-11(18)10(13)9-6-8(2)15-12(16-9)17-5-4-14-7-17;1-6-4-7(9)12-8(11-6)13-3-2-10-5-13/h7-12,15,23H,6,13-14,16H2,1-5H3,(H,31,34);4-17,23H,3H2,1-2H3;4-9,12,20,24H,3,10-11,13H2,1-2H3,(H,27,29);4-7,10H,3,13H2,1-2H3;2-5H,1H3. The van der Waals surface area contributed by atoms with Crippen molar-refractivity contribution >= 4 is 59.1 Å². The number of rotatable bonds is 30. The van der Waals surface area contributed by atoms with E-state index in [9.17, 15) is 33.6 Å². The lowest BCUT2D eigenvalue weighted by atomic mass is 10.0. The smallest absolute Gasteiger partial charge is 0.411 e. The Morgan fingerprint density at radius 1 is 0.445 bits per heavy atom. The monoisotopic (exact) mass is 1880 g/mol. The van der Waals surface area contributed by atoms with Crippen LogP contribution in [0.15, 0.2) is 226 Å². The predicted octanol–water partition coefficient (Wildman–Crippen LogP) is 10.3. The molecule has 0 aliphatic carbocycles. The van der Waals surface area contributed by atoms with Crippen molar-refractivity contribution in [3.05, 3.63) is 300 Å². The van der Waals surface area contributed by atoms with Gasteiger partial charge in [-0.15, -0.1) is 0 Å². The average molecular weight is 1890 g/mol. The molecule has 14 aromatic rings. The zero-order valence-electron chi connectivity index (χ0n) is 77.0. The Hall–Kier alpha value is -16.5. The second-order valence-corrected chi connectivity index (χ2v) is 31.2. The van der Waals surface area contributed by atoms with E-state index < -0.39 is 72.2 Å². The fraction of sp³-hybridized carbons (Fsp3) is 0.287. The van der Waals surface area contributed by atoms with Crippen LogP contribution < -0.4 is 40.6 Å². The van der Waals surface area contributed by atoms with Crippen LogP contribution in [-0.4, -0.2) is 209 Å². The lowest BCUT2D eigenvalue weighted by Gasteiger charge is -2.28. The molecule has 5 N–H and O–H groups in total. The SMILES string of the molecule is CCOC(=O)C(N)c1cc(C)nc(-n2ccnc2)n1.CCOC(=O)C(N=C(c1ccccc1)c1ccccc1)c1cc(C)nc(-n2ccnc2)n1.CCOC(=O)C(NC(=O)CN(Cc1ccc2c(c1)OCO2)C(=O)OC(C)(C)C)c1cc(C)nc(-n2ccnc2)n1.CCOC(=O)C(NC(=O)CNCc1ccc2c(c1)OCO2)c1cc(C)nc(-n2ccnc2)n1.Cc1cc(Cl)nc(-n2ccnc2)n1. The van der Waals surface area contributed by atoms with E-state index in [0.717, 1.165) is 22.4 Å². The second-order valence-electron chi connectivity index (χ2n) is 30.8. The number of imidazole rings is 5. The number of benzene rings is 4. The maximum Gasteiger partial charge on any atom is 0.411 e. The summed E-state index contributed by atoms with van der Waals surface area (Å²) >= 11 is 5.78. The number of ether oxygens (including phenoxy) is 9. The highest BCUT2D eigenvalue weighted by atomic mass is 35.5. The lowest BCUT2D eigenvalue weighted by Crippen LogP contribution is -2.45. The number of aryl methyl sites for hydroxylation is 5. The van der Waals surface area contributed by atoms with Gasteiger partial charge in [-0.25, -0.2) is 98.7 Å². The normalized spacial score (nSPS) is 12.2. The third kappa shape index (κ3) is 28.8. The van der Waals surface area contributed by atoms with E-state index in [-0.39, 0.29) is 70.7 Å². The molecule has 3 amide bonds. The van der Waals surface area contributed by atoms with E-state index in [1.165, 1.54) is 11.2 Å². The summed E-state index contributed by atoms with van der Waals surface area (Å²) in [4.78, 5) is 159. The number of nitrogens with one attached hydrogen (secondary N) is 3. The predicted molar refractivity (Wildman–Crippen MR) is 494 cm³/mol. The van der Waals surface area contributed by atoms with Crippen molar-refractivity contribution in [1.82, 2.24) is 118 Å². The molecule has 4 aromatic carbocycles. The number of aliphatic imine (C=N–C) groups is 1. The summed E-state index contributed by atoms with van der Waals surface area (Å²) in [7, 11) is 0. The molecule has 42 nitrogen and oxygen atoms in total. The van der Waals surface area contributed by atoms with Crippen molar-refractivity contribution in [3.63, 3.8) is 0 Å². The molecule has 2 aliphatic rings. The van der Waals surface area contributed by atoms with Gasteiger partial charge in [-0.2, -0.15) is 0 Å². The number of fused-ring (bicyclic) bond motifs is 2. The molecule has 12 heterocycles. The number of hydrogen-bond acceptors (Lipinski definition) is 34. The van der Waals surface area contributed by atoms with Gasteiger partial charge in [0, 0.05) is 115 Å². The highest BCUT2D eigenvalue weighted by Gasteiger charge is 2.33. The van der Waals surface area contributed by atoms with Crippen LogP contribution in [0.2, 0.25) is 5.15 Å². The van der Waals surface area contributed by atoms with Gasteiger partial charge in [0.15, 0.2) is 41.1 Å². The fourth-order valence-corrected chi connectivity index (χ4v) is 13.3. The van der Waals surface area contributed by atoms with E-state index in [4.69, 9.17) is 65.0 Å². The van der Waals surface area contributed by atoms with Gasteiger partial charge >= 0.3 is 30.0 Å². The molecule has 0 saturated carbocycles. The fourth-order valence-electron chi connectivity index (χ4n) is 13.0. The van der Waals surface area contributed by atoms with Crippen molar-refractivity contribution in [2.24, 2.45) is 10.7 Å². The van der Waals surface area contributed by atoms with Crippen LogP contribution in [0.5, 0.6) is 23.0 Å². The van der Waals surface area contributed by atoms with Crippen molar-refractivity contribution < 1.29 is 76.2 Å². The first-order chi connectivity index (χ1) is 66.1. The minimum atomic E-state index is -1.25. The van der Waals surface area contributed by atoms with Crippen LogP contribution in [0.3, 0.4) is 0 Å². The Morgan fingerprint density at radius 3 is 1.24 bits per heavy atom. The van der Waals surface area contributed by atoms with Gasteiger partial charge < -0.3 is 64.3 Å². The molecular formula is C94H101ClN26O16. The summed E-state index contributed by atoms with van der Waals surface area (Å²) in [5, 5.41) is 8.88. The number of aromatic nitrogens is 20. The van der Waals surface area contributed by atoms with Gasteiger partial charge in [-0.05, 0) is 149 Å². The number of carbonyl (C=O) groups is 7. The maximum atomic E-state index is 13.3. The Morgan fingerprint density at radius 2 is 0.818 bits per heavy atom. The Bertz CT molecular complexity index is 6350. The van der Waals surface area contributed by atoms with Crippen LogP contribution in [0, 0.1) is 34.6 Å². The van der Waals surface area contributed by atoms with E-state index in [2.05, 4.69) is 90.7 Å². The molecule has 0 radical (unpaired) electrons. The first kappa shape index (κ1) is 99.5. The number of halogens is 1. The Balaban J connectivity index is 0.000000160. The molecule has 16 rings (SSSR count). The van der Waals surface area contributed by atoms with Gasteiger partial charge in [-0.3, -0.25) is 42.3 Å². The van der Waals surface area contributed by atoms with Crippen molar-refractivity contribution in [3.8, 4) is 52.7 Å². The molecule has 4 unspecified atom stereocenters. The molecule has 0 spiro atoms. The van der Waals surface area contributed by atoms with Gasteiger partial charge in [0.2, 0.25) is 55.1 Å². The van der Waals surface area contributed by atoms with Crippen LogP contribution in [0.25, 0.3) is 29.7 Å². The highest BCUT2D eigenvalue weighted by molar-refractivity contribution is 6.29. The molecule has 2 aliphatic heterocycles. The van der Waals surface area contributed by atoms with Crippen LogP contribution in [0.4, 0.5) is 4.79 Å². The van der Waals surface area contributed by atoms with Crippen molar-refractivity contribution in [2.75, 3.05) is 53.1 Å². The van der Waals surface area contributed by atoms with E-state index in [1.807, 2.05) is 99.6 Å². The molecular weight excluding hydrogens is 1780 g/mol. The average Bonchev–Trinajstić information content (AvgIpc) is 1.18. The lowest BCUT2D eigenvalue weighted by molar-refractivity contribution is -0.148. The molecule has 0 saturated heterocycles. The summed E-state index contributed by atoms with van der Waals surface area (Å²) in [5.41, 5.74) is 14.0. The molecule has 137 heavy (non-hydrogen) atoms. The van der Waals surface area contributed by atoms with Gasteiger partial charge in [0.1, 0.15) is 55.0 Å². The van der Waals surface area contributed by atoms with Gasteiger partial charge in [0.25, 0.3) is 0 Å². The number of amides is 3. The number of carbonyl (C=O) groups excluding carboxylic acids is 7. The first-order valence-electron chi connectivity index (χ1n) is 43.1. The molecule has 4 atom stereocenters. The Labute approximate surface area is 791 Å². The first-order valence-corrected chi connectivity index (χ1v) is 43.5. The number of esters is 4. The summed E-state index contributed by atoms with van der Waals surface area (Å²) in [6.07, 6.45) is 23.9.